The molecule has 0 atom stereocenters. The molecule has 8 nitrogen and oxygen atoms in total. The molecule has 0 aliphatic carbocycles. The van der Waals surface area contributed by atoms with E-state index in [1.807, 2.05) is 0 Å². The average molecular weight is 294 g/mol. The minimum atomic E-state index is -3.67. The molecule has 1 aromatic rings. The number of ether oxygens (including phenoxy) is 1. The zero-order chi connectivity index (χ0) is 14.3. The highest BCUT2D eigenvalue weighted by molar-refractivity contribution is 7.85. The van der Waals surface area contributed by atoms with Crippen molar-refractivity contribution < 1.29 is 27.3 Å². The van der Waals surface area contributed by atoms with Crippen LogP contribution in [0.15, 0.2) is 10.6 Å². The Morgan fingerprint density at radius 2 is 2.00 bits per heavy atom. The normalized spacial score (nSPS) is 16.8. The zero-order valence-corrected chi connectivity index (χ0v) is 11.5. The first-order valence-corrected chi connectivity index (χ1v) is 7.51. The predicted molar refractivity (Wildman–Crippen MR) is 66.0 cm³/mol. The minimum absolute atomic E-state index is 0.0629. The third-order valence-electron chi connectivity index (χ3n) is 2.25. The summed E-state index contributed by atoms with van der Waals surface area (Å²) in [4.78, 5) is 2.24. The van der Waals surface area contributed by atoms with Gasteiger partial charge >= 0.3 is 0 Å². The SMILES string of the molecule is CS(=O)(=O)O.OCc1cc(CN2CCOCC2)on1. The van der Waals surface area contributed by atoms with Crippen molar-refractivity contribution >= 4 is 10.1 Å². The Morgan fingerprint density at radius 3 is 2.47 bits per heavy atom. The van der Waals surface area contributed by atoms with Crippen LogP contribution in [0, 0.1) is 0 Å². The Labute approximate surface area is 111 Å². The summed E-state index contributed by atoms with van der Waals surface area (Å²) in [5, 5.41) is 12.5. The molecule has 0 unspecified atom stereocenters. The summed E-state index contributed by atoms with van der Waals surface area (Å²) in [6.07, 6.45) is 0.715. The summed E-state index contributed by atoms with van der Waals surface area (Å²) >= 11 is 0. The number of nitrogens with zero attached hydrogens (tertiary/aromatic N) is 2. The van der Waals surface area contributed by atoms with E-state index in [2.05, 4.69) is 10.1 Å². The lowest BCUT2D eigenvalue weighted by Crippen LogP contribution is -2.35. The molecule has 0 aromatic carbocycles. The molecule has 1 aliphatic heterocycles. The van der Waals surface area contributed by atoms with E-state index in [-0.39, 0.29) is 6.61 Å². The fourth-order valence-electron chi connectivity index (χ4n) is 1.48. The van der Waals surface area contributed by atoms with Crippen LogP contribution in [-0.2, 0) is 28.0 Å². The topological polar surface area (TPSA) is 113 Å². The summed E-state index contributed by atoms with van der Waals surface area (Å²) in [6.45, 7) is 4.09. The predicted octanol–water partition coefficient (Wildman–Crippen LogP) is -0.497. The molecule has 0 amide bonds. The van der Waals surface area contributed by atoms with Gasteiger partial charge in [0.05, 0.1) is 32.6 Å². The van der Waals surface area contributed by atoms with E-state index in [0.29, 0.717) is 11.9 Å². The van der Waals surface area contributed by atoms with Crippen molar-refractivity contribution in [1.82, 2.24) is 10.1 Å². The lowest BCUT2D eigenvalue weighted by molar-refractivity contribution is 0.0305. The first kappa shape index (κ1) is 16.1. The van der Waals surface area contributed by atoms with Crippen LogP contribution in [0.5, 0.6) is 0 Å². The highest BCUT2D eigenvalue weighted by atomic mass is 32.2. The van der Waals surface area contributed by atoms with Gasteiger partial charge < -0.3 is 14.4 Å². The molecule has 1 aromatic heterocycles. The van der Waals surface area contributed by atoms with Crippen molar-refractivity contribution in [2.24, 2.45) is 0 Å². The van der Waals surface area contributed by atoms with Gasteiger partial charge in [-0.2, -0.15) is 8.42 Å². The van der Waals surface area contributed by atoms with Crippen molar-refractivity contribution in [3.63, 3.8) is 0 Å². The quantitative estimate of drug-likeness (QED) is 0.718. The molecule has 110 valence electrons. The summed E-state index contributed by atoms with van der Waals surface area (Å²) in [5.41, 5.74) is 0.591. The summed E-state index contributed by atoms with van der Waals surface area (Å²) in [6, 6.07) is 1.79. The van der Waals surface area contributed by atoms with Gasteiger partial charge in [-0.15, -0.1) is 0 Å². The monoisotopic (exact) mass is 294 g/mol. The van der Waals surface area contributed by atoms with Crippen LogP contribution >= 0.6 is 0 Å². The van der Waals surface area contributed by atoms with Crippen LogP contribution in [-0.4, -0.2) is 60.7 Å². The summed E-state index contributed by atoms with van der Waals surface area (Å²) in [5.74, 6) is 0.802. The lowest BCUT2D eigenvalue weighted by atomic mass is 10.3. The van der Waals surface area contributed by atoms with Crippen molar-refractivity contribution in [1.29, 1.82) is 0 Å². The van der Waals surface area contributed by atoms with Gasteiger partial charge in [0, 0.05) is 19.2 Å². The maximum absolute atomic E-state index is 9.19. The standard InChI is InChI=1S/C9H14N2O3.CH4O3S/c12-7-8-5-9(14-10-8)6-11-1-3-13-4-2-11;1-5(2,3)4/h5,12H,1-4,6-7H2;1H3,(H,2,3,4). The number of rotatable bonds is 3. The van der Waals surface area contributed by atoms with Crippen LogP contribution in [0.4, 0.5) is 0 Å². The van der Waals surface area contributed by atoms with E-state index in [0.717, 1.165) is 38.6 Å². The van der Waals surface area contributed by atoms with E-state index >= 15 is 0 Å². The minimum Gasteiger partial charge on any atom is -0.390 e. The fraction of sp³-hybridized carbons (Fsp3) is 0.700. The molecule has 0 bridgehead atoms. The second-order valence-electron chi connectivity index (χ2n) is 4.06. The summed E-state index contributed by atoms with van der Waals surface area (Å²) in [7, 11) is -3.67. The van der Waals surface area contributed by atoms with Gasteiger partial charge in [0.1, 0.15) is 5.69 Å². The molecule has 0 radical (unpaired) electrons. The number of hydrogen-bond donors (Lipinski definition) is 2. The first-order chi connectivity index (χ1) is 8.88. The lowest BCUT2D eigenvalue weighted by Gasteiger charge is -2.25. The highest BCUT2D eigenvalue weighted by Gasteiger charge is 2.13. The van der Waals surface area contributed by atoms with Gasteiger partial charge in [-0.1, -0.05) is 5.16 Å². The van der Waals surface area contributed by atoms with Gasteiger partial charge in [-0.25, -0.2) is 0 Å². The first-order valence-electron chi connectivity index (χ1n) is 5.66. The number of aliphatic hydroxyl groups excluding tert-OH is 1. The van der Waals surface area contributed by atoms with Gasteiger partial charge in [0.2, 0.25) is 0 Å². The molecule has 1 fully saturated rings. The second-order valence-corrected chi connectivity index (χ2v) is 5.53. The van der Waals surface area contributed by atoms with Gasteiger partial charge in [0.25, 0.3) is 10.1 Å². The largest absolute Gasteiger partial charge is 0.390 e. The van der Waals surface area contributed by atoms with Crippen molar-refractivity contribution in [3.8, 4) is 0 Å². The third kappa shape index (κ3) is 7.90. The zero-order valence-electron chi connectivity index (χ0n) is 10.7. The third-order valence-corrected chi connectivity index (χ3v) is 2.25. The van der Waals surface area contributed by atoms with E-state index in [9.17, 15) is 8.42 Å². The van der Waals surface area contributed by atoms with E-state index in [4.69, 9.17) is 18.9 Å². The number of hydrogen-bond acceptors (Lipinski definition) is 7. The van der Waals surface area contributed by atoms with E-state index < -0.39 is 10.1 Å². The van der Waals surface area contributed by atoms with Crippen molar-refractivity contribution in [3.05, 3.63) is 17.5 Å². The van der Waals surface area contributed by atoms with Crippen molar-refractivity contribution in [2.45, 2.75) is 13.2 Å². The summed E-state index contributed by atoms with van der Waals surface area (Å²) < 4.78 is 36.2. The average Bonchev–Trinajstić information content (AvgIpc) is 2.76. The van der Waals surface area contributed by atoms with Crippen LogP contribution in [0.1, 0.15) is 11.5 Å². The molecule has 9 heteroatoms. The van der Waals surface area contributed by atoms with Crippen LogP contribution in [0.2, 0.25) is 0 Å². The Balaban J connectivity index is 0.000000312. The van der Waals surface area contributed by atoms with E-state index in [1.54, 1.807) is 6.07 Å². The molecule has 0 saturated carbocycles. The fourth-order valence-corrected chi connectivity index (χ4v) is 1.48. The van der Waals surface area contributed by atoms with Gasteiger partial charge in [0.15, 0.2) is 5.76 Å². The van der Waals surface area contributed by atoms with Crippen LogP contribution in [0.25, 0.3) is 0 Å². The van der Waals surface area contributed by atoms with Crippen LogP contribution in [0.3, 0.4) is 0 Å². The van der Waals surface area contributed by atoms with E-state index in [1.165, 1.54) is 0 Å². The molecular formula is C10H18N2O6S. The molecule has 2 N–H and O–H groups in total. The Bertz CT molecular complexity index is 458. The smallest absolute Gasteiger partial charge is 0.261 e. The number of morpholine rings is 1. The molecule has 2 rings (SSSR count). The van der Waals surface area contributed by atoms with Gasteiger partial charge in [-0.05, 0) is 0 Å². The molecule has 2 heterocycles. The number of aromatic nitrogens is 1. The van der Waals surface area contributed by atoms with Crippen LogP contribution < -0.4 is 0 Å². The molecule has 1 saturated heterocycles. The molecule has 1 aliphatic rings. The highest BCUT2D eigenvalue weighted by Crippen LogP contribution is 2.08. The molecule has 19 heavy (non-hydrogen) atoms. The van der Waals surface area contributed by atoms with Crippen molar-refractivity contribution in [2.75, 3.05) is 32.6 Å². The Kier molecular flexibility index (Phi) is 6.38. The Hall–Kier alpha value is -1.00. The molecular weight excluding hydrogens is 276 g/mol. The second kappa shape index (κ2) is 7.56. The maximum Gasteiger partial charge on any atom is 0.261 e. The van der Waals surface area contributed by atoms with Gasteiger partial charge in [-0.3, -0.25) is 9.45 Å². The Morgan fingerprint density at radius 1 is 1.42 bits per heavy atom. The molecule has 0 spiro atoms. The number of aliphatic hydroxyl groups is 1. The maximum atomic E-state index is 9.19.